The first-order valence-corrected chi connectivity index (χ1v) is 9.21. The van der Waals surface area contributed by atoms with Gasteiger partial charge in [0.2, 0.25) is 0 Å². The lowest BCUT2D eigenvalue weighted by atomic mass is 10.2. The molecule has 4 aromatic rings. The van der Waals surface area contributed by atoms with Crippen molar-refractivity contribution in [1.82, 2.24) is 15.0 Å². The van der Waals surface area contributed by atoms with Crippen molar-refractivity contribution in [1.29, 1.82) is 0 Å². The minimum absolute atomic E-state index is 0.289. The standard InChI is InChI=1S/C23H19N5O/c29-23(26-19-9-5-2-6-10-19)20-15-21(25-16-17-11-13-24-14-12-17)28-22(27-20)18-7-3-1-4-8-18/h1-15H,16H2,(H,26,29)(H,25,27,28). The number of benzene rings is 2. The second-order valence-electron chi connectivity index (χ2n) is 6.36. The molecule has 0 aliphatic heterocycles. The summed E-state index contributed by atoms with van der Waals surface area (Å²) < 4.78 is 0. The number of carbonyl (C=O) groups is 1. The number of nitrogens with zero attached hydrogens (tertiary/aromatic N) is 3. The Hall–Kier alpha value is -4.06. The number of rotatable bonds is 6. The van der Waals surface area contributed by atoms with Gasteiger partial charge in [0.25, 0.3) is 5.91 Å². The summed E-state index contributed by atoms with van der Waals surface area (Å²) in [5, 5.41) is 6.14. The number of anilines is 2. The number of hydrogen-bond donors (Lipinski definition) is 2. The maximum absolute atomic E-state index is 12.8. The number of carbonyl (C=O) groups excluding carboxylic acids is 1. The normalized spacial score (nSPS) is 10.3. The number of hydrogen-bond acceptors (Lipinski definition) is 5. The van der Waals surface area contributed by atoms with Crippen molar-refractivity contribution in [2.24, 2.45) is 0 Å². The van der Waals surface area contributed by atoms with Crippen LogP contribution in [0.4, 0.5) is 11.5 Å². The van der Waals surface area contributed by atoms with Gasteiger partial charge in [-0.25, -0.2) is 9.97 Å². The molecule has 0 saturated heterocycles. The van der Waals surface area contributed by atoms with Crippen LogP contribution in [0.3, 0.4) is 0 Å². The third-order valence-electron chi connectivity index (χ3n) is 4.25. The minimum Gasteiger partial charge on any atom is -0.366 e. The first-order valence-electron chi connectivity index (χ1n) is 9.21. The highest BCUT2D eigenvalue weighted by atomic mass is 16.1. The number of amides is 1. The summed E-state index contributed by atoms with van der Waals surface area (Å²) in [6, 6.07) is 24.4. The van der Waals surface area contributed by atoms with Gasteiger partial charge in [-0.05, 0) is 29.8 Å². The van der Waals surface area contributed by atoms with Crippen LogP contribution in [0.1, 0.15) is 16.1 Å². The van der Waals surface area contributed by atoms with Gasteiger partial charge >= 0.3 is 0 Å². The zero-order chi connectivity index (χ0) is 19.9. The smallest absolute Gasteiger partial charge is 0.274 e. The van der Waals surface area contributed by atoms with Gasteiger partial charge in [0.05, 0.1) is 0 Å². The van der Waals surface area contributed by atoms with Gasteiger partial charge in [0.15, 0.2) is 5.82 Å². The van der Waals surface area contributed by atoms with E-state index >= 15 is 0 Å². The fourth-order valence-corrected chi connectivity index (χ4v) is 2.78. The van der Waals surface area contributed by atoms with E-state index in [0.717, 1.165) is 11.1 Å². The molecule has 6 heteroatoms. The SMILES string of the molecule is O=C(Nc1ccccc1)c1cc(NCc2ccncc2)nc(-c2ccccc2)n1. The first kappa shape index (κ1) is 18.3. The lowest BCUT2D eigenvalue weighted by Crippen LogP contribution is -2.15. The molecule has 29 heavy (non-hydrogen) atoms. The van der Waals surface area contributed by atoms with E-state index in [1.54, 1.807) is 18.5 Å². The monoisotopic (exact) mass is 381 g/mol. The largest absolute Gasteiger partial charge is 0.366 e. The van der Waals surface area contributed by atoms with Crippen LogP contribution in [0.15, 0.2) is 91.3 Å². The molecule has 2 aromatic heterocycles. The van der Waals surface area contributed by atoms with E-state index in [9.17, 15) is 4.79 Å². The molecule has 2 aromatic carbocycles. The van der Waals surface area contributed by atoms with E-state index < -0.39 is 0 Å². The van der Waals surface area contributed by atoms with Crippen molar-refractivity contribution in [3.05, 3.63) is 103 Å². The van der Waals surface area contributed by atoms with Gasteiger partial charge in [0, 0.05) is 36.3 Å². The third-order valence-corrected chi connectivity index (χ3v) is 4.25. The molecule has 0 unspecified atom stereocenters. The highest BCUT2D eigenvalue weighted by Crippen LogP contribution is 2.19. The van der Waals surface area contributed by atoms with Crippen LogP contribution in [0.25, 0.3) is 11.4 Å². The molecule has 142 valence electrons. The first-order chi connectivity index (χ1) is 14.3. The molecule has 2 N–H and O–H groups in total. The number of para-hydroxylation sites is 1. The topological polar surface area (TPSA) is 79.8 Å². The zero-order valence-electron chi connectivity index (χ0n) is 15.6. The van der Waals surface area contributed by atoms with Crippen molar-refractivity contribution in [3.63, 3.8) is 0 Å². The van der Waals surface area contributed by atoms with Gasteiger partial charge in [-0.1, -0.05) is 48.5 Å². The predicted molar refractivity (Wildman–Crippen MR) is 113 cm³/mol. The number of nitrogens with one attached hydrogen (secondary N) is 2. The van der Waals surface area contributed by atoms with E-state index in [1.165, 1.54) is 0 Å². The molecule has 0 aliphatic carbocycles. The van der Waals surface area contributed by atoms with Gasteiger partial charge < -0.3 is 10.6 Å². The van der Waals surface area contributed by atoms with Crippen molar-refractivity contribution in [2.75, 3.05) is 10.6 Å². The average molecular weight is 381 g/mol. The molecular formula is C23H19N5O. The van der Waals surface area contributed by atoms with Crippen molar-refractivity contribution in [3.8, 4) is 11.4 Å². The molecule has 0 aliphatic rings. The molecular weight excluding hydrogens is 362 g/mol. The second-order valence-corrected chi connectivity index (χ2v) is 6.36. The Bertz CT molecular complexity index is 1090. The Balaban J connectivity index is 1.63. The van der Waals surface area contributed by atoms with Crippen LogP contribution in [0.5, 0.6) is 0 Å². The summed E-state index contributed by atoms with van der Waals surface area (Å²) in [5.74, 6) is 0.778. The van der Waals surface area contributed by atoms with Gasteiger partial charge in [-0.2, -0.15) is 0 Å². The average Bonchev–Trinajstić information content (AvgIpc) is 2.79. The van der Waals surface area contributed by atoms with Crippen molar-refractivity contribution < 1.29 is 4.79 Å². The predicted octanol–water partition coefficient (Wildman–Crippen LogP) is 4.40. The summed E-state index contributed by atoms with van der Waals surface area (Å²) >= 11 is 0. The Morgan fingerprint density at radius 2 is 1.52 bits per heavy atom. The molecule has 4 rings (SSSR count). The molecule has 2 heterocycles. The van der Waals surface area contributed by atoms with Crippen molar-refractivity contribution >= 4 is 17.4 Å². The summed E-state index contributed by atoms with van der Waals surface area (Å²) in [6.07, 6.45) is 3.48. The van der Waals surface area contributed by atoms with E-state index in [0.29, 0.717) is 29.6 Å². The zero-order valence-corrected chi connectivity index (χ0v) is 15.6. The molecule has 0 radical (unpaired) electrons. The van der Waals surface area contributed by atoms with Crippen LogP contribution < -0.4 is 10.6 Å². The van der Waals surface area contributed by atoms with E-state index in [-0.39, 0.29) is 5.91 Å². The quantitative estimate of drug-likeness (QED) is 0.517. The highest BCUT2D eigenvalue weighted by Gasteiger charge is 2.13. The maximum atomic E-state index is 12.8. The van der Waals surface area contributed by atoms with Crippen molar-refractivity contribution in [2.45, 2.75) is 6.54 Å². The molecule has 0 fully saturated rings. The van der Waals surface area contributed by atoms with E-state index in [1.807, 2.05) is 72.8 Å². The second kappa shape index (κ2) is 8.75. The molecule has 1 amide bonds. The fraction of sp³-hybridized carbons (Fsp3) is 0.0435. The van der Waals surface area contributed by atoms with Gasteiger partial charge in [-0.15, -0.1) is 0 Å². The summed E-state index contributed by atoms with van der Waals surface area (Å²) in [7, 11) is 0. The molecule has 0 spiro atoms. The van der Waals surface area contributed by atoms with Gasteiger partial charge in [0.1, 0.15) is 11.5 Å². The van der Waals surface area contributed by atoms with Gasteiger partial charge in [-0.3, -0.25) is 9.78 Å². The fourth-order valence-electron chi connectivity index (χ4n) is 2.78. The minimum atomic E-state index is -0.289. The van der Waals surface area contributed by atoms with E-state index in [4.69, 9.17) is 0 Å². The van der Waals surface area contributed by atoms with Crippen LogP contribution in [0.2, 0.25) is 0 Å². The van der Waals surface area contributed by atoms with Crippen LogP contribution in [-0.2, 0) is 6.54 Å². The lowest BCUT2D eigenvalue weighted by molar-refractivity contribution is 0.102. The molecule has 6 nitrogen and oxygen atoms in total. The summed E-state index contributed by atoms with van der Waals surface area (Å²) in [6.45, 7) is 0.563. The maximum Gasteiger partial charge on any atom is 0.274 e. The Kier molecular flexibility index (Phi) is 5.53. The van der Waals surface area contributed by atoms with Crippen LogP contribution in [0, 0.1) is 0 Å². The number of pyridine rings is 1. The molecule has 0 saturated carbocycles. The van der Waals surface area contributed by atoms with E-state index in [2.05, 4.69) is 25.6 Å². The molecule has 0 bridgehead atoms. The Morgan fingerprint density at radius 3 is 2.24 bits per heavy atom. The lowest BCUT2D eigenvalue weighted by Gasteiger charge is -2.11. The molecule has 0 atom stereocenters. The Morgan fingerprint density at radius 1 is 0.828 bits per heavy atom. The van der Waals surface area contributed by atoms with Crippen LogP contribution >= 0.6 is 0 Å². The highest BCUT2D eigenvalue weighted by molar-refractivity contribution is 6.03. The summed E-state index contributed by atoms with van der Waals surface area (Å²) in [4.78, 5) is 25.9. The summed E-state index contributed by atoms with van der Waals surface area (Å²) in [5.41, 5.74) is 2.91. The number of aromatic nitrogens is 3. The third kappa shape index (κ3) is 4.81. The Labute approximate surface area is 168 Å². The van der Waals surface area contributed by atoms with Crippen LogP contribution in [-0.4, -0.2) is 20.9 Å².